The third-order valence-corrected chi connectivity index (χ3v) is 1.58. The van der Waals surface area contributed by atoms with Gasteiger partial charge in [0.05, 0.1) is 25.3 Å². The van der Waals surface area contributed by atoms with Gasteiger partial charge in [0.15, 0.2) is 5.76 Å². The zero-order valence-electron chi connectivity index (χ0n) is 8.19. The van der Waals surface area contributed by atoms with Crippen LogP contribution in [0.15, 0.2) is 22.8 Å². The van der Waals surface area contributed by atoms with Gasteiger partial charge in [0, 0.05) is 0 Å². The van der Waals surface area contributed by atoms with Crippen molar-refractivity contribution in [3.05, 3.63) is 24.2 Å². The highest BCUT2D eigenvalue weighted by molar-refractivity contribution is 5.94. The molecule has 7 nitrogen and oxygen atoms in total. The normalized spacial score (nSPS) is 9.50. The monoisotopic (exact) mass is 225 g/mol. The fraction of sp³-hybridized carbons (Fsp3) is 0.222. The number of carbonyl (C=O) groups excluding carboxylic acids is 3. The van der Waals surface area contributed by atoms with E-state index in [2.05, 4.69) is 5.32 Å². The molecule has 0 bridgehead atoms. The number of hydrogen-bond acceptors (Lipinski definition) is 5. The molecule has 0 saturated heterocycles. The molecule has 0 atom stereocenters. The van der Waals surface area contributed by atoms with E-state index in [0.717, 1.165) is 0 Å². The molecule has 2 amide bonds. The molecule has 1 aromatic rings. The van der Waals surface area contributed by atoms with E-state index in [1.165, 1.54) is 18.4 Å². The van der Waals surface area contributed by atoms with Gasteiger partial charge < -0.3 is 25.0 Å². The maximum atomic E-state index is 11.2. The summed E-state index contributed by atoms with van der Waals surface area (Å²) in [5.74, 6) is -2.49. The molecule has 0 spiro atoms. The van der Waals surface area contributed by atoms with Crippen molar-refractivity contribution in [2.24, 2.45) is 0 Å². The molecule has 1 heterocycles. The van der Waals surface area contributed by atoms with Gasteiger partial charge in [-0.3, -0.25) is 9.59 Å². The number of nitrogens with one attached hydrogen (secondary N) is 2. The number of carboxylic acid groups (broad SMARTS) is 1. The first-order chi connectivity index (χ1) is 7.59. The molecule has 0 radical (unpaired) electrons. The van der Waals surface area contributed by atoms with E-state index in [-0.39, 0.29) is 12.3 Å². The summed E-state index contributed by atoms with van der Waals surface area (Å²) in [5.41, 5.74) is 0. The van der Waals surface area contributed by atoms with Gasteiger partial charge >= 0.3 is 0 Å². The SMILES string of the molecule is O=C([O-])CNC(=O)CNC(=O)c1ccco1. The van der Waals surface area contributed by atoms with Crippen molar-refractivity contribution in [2.75, 3.05) is 13.1 Å². The van der Waals surface area contributed by atoms with Gasteiger partial charge in [0.1, 0.15) is 0 Å². The van der Waals surface area contributed by atoms with Crippen LogP contribution in [0.4, 0.5) is 0 Å². The number of carbonyl (C=O) groups is 3. The van der Waals surface area contributed by atoms with Crippen LogP contribution in [-0.4, -0.2) is 30.9 Å². The lowest BCUT2D eigenvalue weighted by molar-refractivity contribution is -0.304. The number of carboxylic acids is 1. The summed E-state index contributed by atoms with van der Waals surface area (Å²) in [6.07, 6.45) is 1.32. The van der Waals surface area contributed by atoms with E-state index in [9.17, 15) is 19.5 Å². The Hall–Kier alpha value is -2.31. The molecule has 0 aromatic carbocycles. The number of hydrogen-bond donors (Lipinski definition) is 2. The summed E-state index contributed by atoms with van der Waals surface area (Å²) >= 11 is 0. The second-order valence-electron chi connectivity index (χ2n) is 2.81. The van der Waals surface area contributed by atoms with Gasteiger partial charge in [-0.2, -0.15) is 0 Å². The minimum atomic E-state index is -1.40. The molecule has 2 N–H and O–H groups in total. The van der Waals surface area contributed by atoms with E-state index in [1.807, 2.05) is 5.32 Å². The molecule has 86 valence electrons. The first-order valence-electron chi connectivity index (χ1n) is 4.38. The second kappa shape index (κ2) is 5.54. The third-order valence-electron chi connectivity index (χ3n) is 1.58. The van der Waals surface area contributed by atoms with E-state index in [4.69, 9.17) is 4.42 Å². The van der Waals surface area contributed by atoms with Crippen LogP contribution in [0.1, 0.15) is 10.6 Å². The minimum Gasteiger partial charge on any atom is -0.548 e. The zero-order chi connectivity index (χ0) is 12.0. The van der Waals surface area contributed by atoms with Crippen LogP contribution >= 0.6 is 0 Å². The Labute approximate surface area is 90.4 Å². The zero-order valence-corrected chi connectivity index (χ0v) is 8.19. The van der Waals surface area contributed by atoms with Gasteiger partial charge in [-0.25, -0.2) is 0 Å². The van der Waals surface area contributed by atoms with E-state index in [1.54, 1.807) is 0 Å². The maximum absolute atomic E-state index is 11.2. The lowest BCUT2D eigenvalue weighted by Crippen LogP contribution is -2.42. The highest BCUT2D eigenvalue weighted by Gasteiger charge is 2.09. The Morgan fingerprint density at radius 1 is 1.25 bits per heavy atom. The topological polar surface area (TPSA) is 111 Å². The van der Waals surface area contributed by atoms with Crippen molar-refractivity contribution in [2.45, 2.75) is 0 Å². The van der Waals surface area contributed by atoms with Gasteiger partial charge in [-0.1, -0.05) is 0 Å². The van der Waals surface area contributed by atoms with Crippen molar-refractivity contribution >= 4 is 17.8 Å². The highest BCUT2D eigenvalue weighted by atomic mass is 16.4. The summed E-state index contributed by atoms with van der Waals surface area (Å²) in [5, 5.41) is 14.3. The molecule has 0 aliphatic rings. The average Bonchev–Trinajstić information content (AvgIpc) is 2.76. The second-order valence-corrected chi connectivity index (χ2v) is 2.81. The van der Waals surface area contributed by atoms with Gasteiger partial charge in [-0.05, 0) is 12.1 Å². The number of rotatable bonds is 5. The first-order valence-corrected chi connectivity index (χ1v) is 4.38. The lowest BCUT2D eigenvalue weighted by Gasteiger charge is -2.05. The van der Waals surface area contributed by atoms with Crippen molar-refractivity contribution in [3.8, 4) is 0 Å². The fourth-order valence-electron chi connectivity index (χ4n) is 0.889. The van der Waals surface area contributed by atoms with E-state index >= 15 is 0 Å². The summed E-state index contributed by atoms with van der Waals surface area (Å²) in [6.45, 7) is -0.914. The highest BCUT2D eigenvalue weighted by Crippen LogP contribution is 1.98. The molecule has 0 aliphatic heterocycles. The molecule has 0 unspecified atom stereocenters. The Bertz CT molecular complexity index is 385. The smallest absolute Gasteiger partial charge is 0.287 e. The first kappa shape index (κ1) is 11.8. The Morgan fingerprint density at radius 3 is 2.56 bits per heavy atom. The Balaban J connectivity index is 2.27. The number of furan rings is 1. The van der Waals surface area contributed by atoms with Crippen LogP contribution < -0.4 is 15.7 Å². The Kier molecular flexibility index (Phi) is 4.07. The molecule has 1 aromatic heterocycles. The third kappa shape index (κ3) is 3.82. The number of aliphatic carboxylic acids is 1. The predicted octanol–water partition coefficient (Wildman–Crippen LogP) is -2.12. The summed E-state index contributed by atoms with van der Waals surface area (Å²) in [4.78, 5) is 32.2. The van der Waals surface area contributed by atoms with Gasteiger partial charge in [0.2, 0.25) is 5.91 Å². The molecule has 1 rings (SSSR count). The van der Waals surface area contributed by atoms with Crippen LogP contribution in [0.3, 0.4) is 0 Å². The largest absolute Gasteiger partial charge is 0.548 e. The van der Waals surface area contributed by atoms with E-state index in [0.29, 0.717) is 0 Å². The molecular weight excluding hydrogens is 216 g/mol. The van der Waals surface area contributed by atoms with Crippen molar-refractivity contribution in [1.29, 1.82) is 0 Å². The van der Waals surface area contributed by atoms with Gasteiger partial charge in [0.25, 0.3) is 5.91 Å². The maximum Gasteiger partial charge on any atom is 0.287 e. The molecule has 7 heteroatoms. The molecule has 0 saturated carbocycles. The van der Waals surface area contributed by atoms with Crippen LogP contribution in [0.25, 0.3) is 0 Å². The molecule has 0 aliphatic carbocycles. The standard InChI is InChI=1S/C9H10N2O5/c12-7(10-5-8(13)14)4-11-9(15)6-2-1-3-16-6/h1-3H,4-5H2,(H,10,12)(H,11,15)(H,13,14)/p-1. The minimum absolute atomic E-state index is 0.0766. The quantitative estimate of drug-likeness (QED) is 0.594. The molecule has 16 heavy (non-hydrogen) atoms. The fourth-order valence-corrected chi connectivity index (χ4v) is 0.889. The van der Waals surface area contributed by atoms with E-state index < -0.39 is 24.3 Å². The number of amides is 2. The van der Waals surface area contributed by atoms with Crippen LogP contribution in [0.2, 0.25) is 0 Å². The van der Waals surface area contributed by atoms with Crippen molar-refractivity contribution < 1.29 is 23.9 Å². The summed E-state index contributed by atoms with van der Waals surface area (Å²) in [7, 11) is 0. The predicted molar refractivity (Wildman–Crippen MR) is 49.1 cm³/mol. The Morgan fingerprint density at radius 2 is 2.00 bits per heavy atom. The van der Waals surface area contributed by atoms with Crippen molar-refractivity contribution in [3.63, 3.8) is 0 Å². The van der Waals surface area contributed by atoms with Crippen LogP contribution in [0.5, 0.6) is 0 Å². The average molecular weight is 225 g/mol. The van der Waals surface area contributed by atoms with Gasteiger partial charge in [-0.15, -0.1) is 0 Å². The van der Waals surface area contributed by atoms with Crippen LogP contribution in [-0.2, 0) is 9.59 Å². The summed E-state index contributed by atoms with van der Waals surface area (Å²) in [6, 6.07) is 2.97. The summed E-state index contributed by atoms with van der Waals surface area (Å²) < 4.78 is 4.78. The van der Waals surface area contributed by atoms with Crippen molar-refractivity contribution in [1.82, 2.24) is 10.6 Å². The lowest BCUT2D eigenvalue weighted by atomic mass is 10.4. The molecule has 0 fully saturated rings. The van der Waals surface area contributed by atoms with Crippen LogP contribution in [0, 0.1) is 0 Å². The molecular formula is C9H9N2O5-.